The third kappa shape index (κ3) is 3.98. The Morgan fingerprint density at radius 1 is 1.29 bits per heavy atom. The Morgan fingerprint density at radius 3 is 2.86 bits per heavy atom. The second kappa shape index (κ2) is 7.69. The van der Waals surface area contributed by atoms with E-state index in [0.717, 1.165) is 35.7 Å². The Kier molecular flexibility index (Phi) is 5.63. The van der Waals surface area contributed by atoms with E-state index in [2.05, 4.69) is 17.3 Å². The van der Waals surface area contributed by atoms with Crippen molar-refractivity contribution in [3.05, 3.63) is 41.7 Å². The largest absolute Gasteiger partial charge is 0.494 e. The minimum atomic E-state index is -0.0291. The van der Waals surface area contributed by atoms with Crippen LogP contribution in [0.2, 0.25) is 0 Å². The molecule has 0 saturated heterocycles. The van der Waals surface area contributed by atoms with Crippen molar-refractivity contribution in [1.29, 1.82) is 0 Å². The summed E-state index contributed by atoms with van der Waals surface area (Å²) in [6.07, 6.45) is 2.89. The van der Waals surface area contributed by atoms with Crippen molar-refractivity contribution in [2.75, 3.05) is 11.9 Å². The quantitative estimate of drug-likeness (QED) is 0.784. The zero-order valence-electron chi connectivity index (χ0n) is 12.7. The Morgan fingerprint density at radius 2 is 2.14 bits per heavy atom. The maximum absolute atomic E-state index is 9.41. The molecule has 5 heteroatoms. The van der Waals surface area contributed by atoms with E-state index in [4.69, 9.17) is 4.74 Å². The highest BCUT2D eigenvalue weighted by Gasteiger charge is 2.05. The summed E-state index contributed by atoms with van der Waals surface area (Å²) in [5.74, 6) is 0.738. The lowest BCUT2D eigenvalue weighted by Crippen LogP contribution is -2.09. The molecule has 0 atom stereocenters. The molecule has 0 aliphatic rings. The van der Waals surface area contributed by atoms with E-state index < -0.39 is 0 Å². The molecule has 0 radical (unpaired) electrons. The van der Waals surface area contributed by atoms with Crippen LogP contribution < -0.4 is 10.1 Å². The van der Waals surface area contributed by atoms with Crippen molar-refractivity contribution in [2.45, 2.75) is 40.0 Å². The van der Waals surface area contributed by atoms with Crippen molar-refractivity contribution in [3.63, 3.8) is 0 Å². The van der Waals surface area contributed by atoms with E-state index in [1.807, 2.05) is 42.1 Å². The number of aryl methyl sites for hydroxylation is 1. The van der Waals surface area contributed by atoms with Crippen molar-refractivity contribution >= 4 is 5.69 Å². The van der Waals surface area contributed by atoms with Gasteiger partial charge in [0.2, 0.25) is 0 Å². The van der Waals surface area contributed by atoms with Gasteiger partial charge in [-0.25, -0.2) is 0 Å². The van der Waals surface area contributed by atoms with E-state index in [0.29, 0.717) is 13.2 Å². The molecule has 0 aliphatic carbocycles. The molecule has 2 rings (SSSR count). The first-order valence-corrected chi connectivity index (χ1v) is 7.39. The molecule has 0 bridgehead atoms. The molecule has 0 aliphatic heterocycles. The van der Waals surface area contributed by atoms with Gasteiger partial charge in [-0.05, 0) is 37.6 Å². The Hall–Kier alpha value is -2.01. The first-order chi connectivity index (χ1) is 10.3. The summed E-state index contributed by atoms with van der Waals surface area (Å²) < 4.78 is 7.49. The summed E-state index contributed by atoms with van der Waals surface area (Å²) >= 11 is 0. The van der Waals surface area contributed by atoms with Crippen LogP contribution in [0.1, 0.15) is 31.5 Å². The van der Waals surface area contributed by atoms with Gasteiger partial charge in [-0.3, -0.25) is 4.68 Å². The van der Waals surface area contributed by atoms with Crippen LogP contribution in [-0.4, -0.2) is 21.5 Å². The number of hydrogen-bond donors (Lipinski definition) is 2. The van der Waals surface area contributed by atoms with Crippen LogP contribution in [0.25, 0.3) is 0 Å². The molecule has 0 unspecified atom stereocenters. The molecule has 1 heterocycles. The van der Waals surface area contributed by atoms with Crippen LogP contribution in [0.4, 0.5) is 5.69 Å². The van der Waals surface area contributed by atoms with Crippen molar-refractivity contribution in [1.82, 2.24) is 9.78 Å². The number of ether oxygens (including phenoxy) is 1. The summed E-state index contributed by atoms with van der Waals surface area (Å²) in [5.41, 5.74) is 2.91. The van der Waals surface area contributed by atoms with Gasteiger partial charge in [0.05, 0.1) is 25.5 Å². The zero-order valence-corrected chi connectivity index (χ0v) is 12.7. The smallest absolute Gasteiger partial charge is 0.124 e. The summed E-state index contributed by atoms with van der Waals surface area (Å²) in [5, 5.41) is 17.1. The van der Waals surface area contributed by atoms with Gasteiger partial charge < -0.3 is 15.2 Å². The maximum atomic E-state index is 9.41. The molecule has 0 amide bonds. The lowest BCUT2D eigenvalue weighted by Gasteiger charge is -2.12. The number of rotatable bonds is 8. The summed E-state index contributed by atoms with van der Waals surface area (Å²) in [6.45, 7) is 6.27. The number of aromatic nitrogens is 2. The second-order valence-corrected chi connectivity index (χ2v) is 4.81. The predicted octanol–water partition coefficient (Wildman–Crippen LogP) is 2.80. The van der Waals surface area contributed by atoms with Gasteiger partial charge in [0.25, 0.3) is 0 Å². The average Bonchev–Trinajstić information content (AvgIpc) is 2.94. The topological polar surface area (TPSA) is 59.3 Å². The highest BCUT2D eigenvalue weighted by Crippen LogP contribution is 2.23. The fourth-order valence-corrected chi connectivity index (χ4v) is 2.23. The lowest BCUT2D eigenvalue weighted by atomic mass is 10.2. The van der Waals surface area contributed by atoms with Gasteiger partial charge in [0.15, 0.2) is 0 Å². The van der Waals surface area contributed by atoms with Gasteiger partial charge >= 0.3 is 0 Å². The molecule has 114 valence electrons. The minimum Gasteiger partial charge on any atom is -0.494 e. The fraction of sp³-hybridized carbons (Fsp3) is 0.438. The molecule has 1 aromatic heterocycles. The van der Waals surface area contributed by atoms with E-state index in [1.54, 1.807) is 0 Å². The third-order valence-corrected chi connectivity index (χ3v) is 3.24. The predicted molar refractivity (Wildman–Crippen MR) is 83.4 cm³/mol. The van der Waals surface area contributed by atoms with Crippen LogP contribution in [0.15, 0.2) is 30.5 Å². The lowest BCUT2D eigenvalue weighted by molar-refractivity contribution is 0.267. The monoisotopic (exact) mass is 289 g/mol. The molecule has 21 heavy (non-hydrogen) atoms. The first-order valence-electron chi connectivity index (χ1n) is 7.39. The van der Waals surface area contributed by atoms with E-state index >= 15 is 0 Å². The number of nitrogens with zero attached hydrogens (tertiary/aromatic N) is 2. The average molecular weight is 289 g/mol. The van der Waals surface area contributed by atoms with E-state index in [9.17, 15) is 5.11 Å². The SMILES string of the molecule is CCCn1nccc1CNc1ccc(OCC)c(CO)c1. The minimum absolute atomic E-state index is 0.0291. The number of benzene rings is 1. The normalized spacial score (nSPS) is 10.6. The highest BCUT2D eigenvalue weighted by molar-refractivity contribution is 5.51. The summed E-state index contributed by atoms with van der Waals surface area (Å²) in [6, 6.07) is 7.79. The molecule has 0 fully saturated rings. The van der Waals surface area contributed by atoms with Gasteiger partial charge in [0, 0.05) is 24.0 Å². The van der Waals surface area contributed by atoms with Crippen LogP contribution in [0.3, 0.4) is 0 Å². The molecular weight excluding hydrogens is 266 g/mol. The molecule has 1 aromatic carbocycles. The van der Waals surface area contributed by atoms with Crippen LogP contribution in [0, 0.1) is 0 Å². The van der Waals surface area contributed by atoms with Crippen molar-refractivity contribution < 1.29 is 9.84 Å². The molecular formula is C16H23N3O2. The highest BCUT2D eigenvalue weighted by atomic mass is 16.5. The molecule has 0 saturated carbocycles. The second-order valence-electron chi connectivity index (χ2n) is 4.81. The van der Waals surface area contributed by atoms with Crippen LogP contribution in [-0.2, 0) is 19.7 Å². The van der Waals surface area contributed by atoms with E-state index in [1.165, 1.54) is 0 Å². The van der Waals surface area contributed by atoms with Gasteiger partial charge in [-0.15, -0.1) is 0 Å². The van der Waals surface area contributed by atoms with Gasteiger partial charge in [-0.2, -0.15) is 5.10 Å². The number of hydrogen-bond acceptors (Lipinski definition) is 4. The fourth-order valence-electron chi connectivity index (χ4n) is 2.23. The number of aliphatic hydroxyl groups is 1. The van der Waals surface area contributed by atoms with Gasteiger partial charge in [-0.1, -0.05) is 6.92 Å². The number of anilines is 1. The Labute approximate surface area is 125 Å². The van der Waals surface area contributed by atoms with E-state index in [-0.39, 0.29) is 6.61 Å². The number of aliphatic hydroxyl groups excluding tert-OH is 1. The Balaban J connectivity index is 2.04. The molecule has 5 nitrogen and oxygen atoms in total. The number of nitrogens with one attached hydrogen (secondary N) is 1. The van der Waals surface area contributed by atoms with Crippen LogP contribution in [0.5, 0.6) is 5.75 Å². The maximum Gasteiger partial charge on any atom is 0.124 e. The Bertz CT molecular complexity index is 566. The zero-order chi connectivity index (χ0) is 15.1. The van der Waals surface area contributed by atoms with Crippen molar-refractivity contribution in [2.24, 2.45) is 0 Å². The van der Waals surface area contributed by atoms with Crippen LogP contribution >= 0.6 is 0 Å². The molecule has 0 spiro atoms. The first kappa shape index (κ1) is 15.4. The third-order valence-electron chi connectivity index (χ3n) is 3.24. The molecule has 2 N–H and O–H groups in total. The summed E-state index contributed by atoms with van der Waals surface area (Å²) in [7, 11) is 0. The van der Waals surface area contributed by atoms with Gasteiger partial charge in [0.1, 0.15) is 5.75 Å². The standard InChI is InChI=1S/C16H23N3O2/c1-3-9-19-15(7-8-18-19)11-17-14-5-6-16(21-4-2)13(10-14)12-20/h5-8,10,17,20H,3-4,9,11-12H2,1-2H3. The van der Waals surface area contributed by atoms with Crippen molar-refractivity contribution in [3.8, 4) is 5.75 Å². The summed E-state index contributed by atoms with van der Waals surface area (Å²) in [4.78, 5) is 0. The molecule has 2 aromatic rings.